The van der Waals surface area contributed by atoms with Crippen LogP contribution in [-0.2, 0) is 7.05 Å². The van der Waals surface area contributed by atoms with Gasteiger partial charge < -0.3 is 14.4 Å². The Kier molecular flexibility index (Phi) is 6.07. The van der Waals surface area contributed by atoms with E-state index in [0.717, 1.165) is 33.8 Å². The third-order valence-corrected chi connectivity index (χ3v) is 5.37. The molecule has 0 atom stereocenters. The van der Waals surface area contributed by atoms with Gasteiger partial charge in [0.05, 0.1) is 36.0 Å². The number of rotatable bonds is 7. The summed E-state index contributed by atoms with van der Waals surface area (Å²) in [5, 5.41) is 5.27. The molecule has 164 valence electrons. The highest BCUT2D eigenvalue weighted by molar-refractivity contribution is 6.07. The van der Waals surface area contributed by atoms with Crippen molar-refractivity contribution in [3.8, 4) is 22.8 Å². The molecule has 1 amide bonds. The Labute approximate surface area is 187 Å². The Hall–Kier alpha value is -3.87. The summed E-state index contributed by atoms with van der Waals surface area (Å²) in [6, 6.07) is 19.1. The first-order valence-corrected chi connectivity index (χ1v) is 10.4. The van der Waals surface area contributed by atoms with Crippen molar-refractivity contribution in [2.45, 2.75) is 6.92 Å². The Morgan fingerprint density at radius 1 is 1.06 bits per heavy atom. The molecule has 0 aliphatic rings. The number of aromatic nitrogens is 3. The highest BCUT2D eigenvalue weighted by Gasteiger charge is 2.21. The van der Waals surface area contributed by atoms with Gasteiger partial charge in [-0.3, -0.25) is 9.48 Å². The van der Waals surface area contributed by atoms with Crippen molar-refractivity contribution in [3.05, 3.63) is 71.9 Å². The number of benzene rings is 2. The highest BCUT2D eigenvalue weighted by Crippen LogP contribution is 2.27. The number of methoxy groups -OCH3 is 1. The molecule has 0 aliphatic carbocycles. The molecule has 4 rings (SSSR count). The first kappa shape index (κ1) is 21.4. The van der Waals surface area contributed by atoms with E-state index in [0.29, 0.717) is 24.4 Å². The third-order valence-electron chi connectivity index (χ3n) is 5.37. The minimum atomic E-state index is -0.0935. The summed E-state index contributed by atoms with van der Waals surface area (Å²) in [5.74, 6) is 1.41. The van der Waals surface area contributed by atoms with Crippen LogP contribution in [0, 0.1) is 6.92 Å². The zero-order valence-corrected chi connectivity index (χ0v) is 18.7. The van der Waals surface area contributed by atoms with Gasteiger partial charge in [0.15, 0.2) is 5.65 Å². The Balaban J connectivity index is 1.57. The number of likely N-dealkylation sites (N-methyl/N-ethyl adjacent to an activating group) is 1. The Morgan fingerprint density at radius 3 is 2.44 bits per heavy atom. The Bertz CT molecular complexity index is 1230. The number of carbonyl (C=O) groups is 1. The minimum absolute atomic E-state index is 0.0935. The van der Waals surface area contributed by atoms with E-state index >= 15 is 0 Å². The molecule has 32 heavy (non-hydrogen) atoms. The smallest absolute Gasteiger partial charge is 0.254 e. The van der Waals surface area contributed by atoms with Crippen LogP contribution >= 0.6 is 0 Å². The van der Waals surface area contributed by atoms with Crippen LogP contribution in [0.5, 0.6) is 11.5 Å². The molecule has 0 N–H and O–H groups in total. The lowest BCUT2D eigenvalue weighted by molar-refractivity contribution is 0.0775. The number of carbonyl (C=O) groups excluding carboxylic acids is 1. The average molecular weight is 431 g/mol. The summed E-state index contributed by atoms with van der Waals surface area (Å²) in [4.78, 5) is 19.9. The van der Waals surface area contributed by atoms with Gasteiger partial charge in [-0.25, -0.2) is 4.98 Å². The highest BCUT2D eigenvalue weighted by atomic mass is 16.5. The maximum atomic E-state index is 13.4. The summed E-state index contributed by atoms with van der Waals surface area (Å²) in [5.41, 5.74) is 3.75. The van der Waals surface area contributed by atoms with Crippen LogP contribution in [0.15, 0.2) is 60.7 Å². The molecule has 0 radical (unpaired) electrons. The normalized spacial score (nSPS) is 10.9. The number of aryl methyl sites for hydroxylation is 2. The van der Waals surface area contributed by atoms with Crippen molar-refractivity contribution in [1.82, 2.24) is 19.7 Å². The van der Waals surface area contributed by atoms with E-state index in [1.165, 1.54) is 0 Å². The van der Waals surface area contributed by atoms with Crippen molar-refractivity contribution < 1.29 is 14.3 Å². The standard InChI is InChI=1S/C25H26N4O3/c1-17-23-21(16-22(18-8-6-5-7-9-18)26-24(23)29(3)27-17)25(30)28(2)14-15-32-20-12-10-19(31-4)11-13-20/h5-13,16H,14-15H2,1-4H3. The summed E-state index contributed by atoms with van der Waals surface area (Å²) in [6.45, 7) is 2.71. The van der Waals surface area contributed by atoms with Gasteiger partial charge >= 0.3 is 0 Å². The molecular weight excluding hydrogens is 404 g/mol. The van der Waals surface area contributed by atoms with Gasteiger partial charge in [0.2, 0.25) is 0 Å². The number of hydrogen-bond donors (Lipinski definition) is 0. The van der Waals surface area contributed by atoms with E-state index in [1.54, 1.807) is 23.7 Å². The second-order valence-corrected chi connectivity index (χ2v) is 7.58. The van der Waals surface area contributed by atoms with E-state index in [-0.39, 0.29) is 5.91 Å². The van der Waals surface area contributed by atoms with Crippen LogP contribution < -0.4 is 9.47 Å². The van der Waals surface area contributed by atoms with Gasteiger partial charge in [0.1, 0.15) is 18.1 Å². The lowest BCUT2D eigenvalue weighted by Gasteiger charge is -2.19. The molecule has 2 aromatic heterocycles. The van der Waals surface area contributed by atoms with E-state index in [9.17, 15) is 4.79 Å². The van der Waals surface area contributed by atoms with Crippen molar-refractivity contribution >= 4 is 16.9 Å². The van der Waals surface area contributed by atoms with Crippen LogP contribution in [0.3, 0.4) is 0 Å². The summed E-state index contributed by atoms with van der Waals surface area (Å²) >= 11 is 0. The number of fused-ring (bicyclic) bond motifs is 1. The van der Waals surface area contributed by atoms with Crippen molar-refractivity contribution in [2.24, 2.45) is 7.05 Å². The van der Waals surface area contributed by atoms with E-state index in [1.807, 2.05) is 74.6 Å². The second kappa shape index (κ2) is 9.09. The molecule has 0 spiro atoms. The van der Waals surface area contributed by atoms with Gasteiger partial charge in [-0.2, -0.15) is 5.10 Å². The molecule has 7 heteroatoms. The van der Waals surface area contributed by atoms with Crippen LogP contribution in [0.1, 0.15) is 16.1 Å². The van der Waals surface area contributed by atoms with Gasteiger partial charge in [-0.1, -0.05) is 30.3 Å². The van der Waals surface area contributed by atoms with Gasteiger partial charge in [0, 0.05) is 19.7 Å². The first-order valence-electron chi connectivity index (χ1n) is 10.4. The summed E-state index contributed by atoms with van der Waals surface area (Å²) in [6.07, 6.45) is 0. The van der Waals surface area contributed by atoms with Crippen molar-refractivity contribution in [2.75, 3.05) is 27.3 Å². The van der Waals surface area contributed by atoms with Crippen molar-refractivity contribution in [1.29, 1.82) is 0 Å². The fraction of sp³-hybridized carbons (Fsp3) is 0.240. The molecule has 0 saturated heterocycles. The molecule has 0 fully saturated rings. The largest absolute Gasteiger partial charge is 0.497 e. The fourth-order valence-electron chi connectivity index (χ4n) is 3.65. The number of amides is 1. The molecule has 0 aliphatic heterocycles. The lowest BCUT2D eigenvalue weighted by atomic mass is 10.0. The quantitative estimate of drug-likeness (QED) is 0.441. The molecule has 2 heterocycles. The molecule has 2 aromatic carbocycles. The van der Waals surface area contributed by atoms with Crippen LogP contribution in [0.25, 0.3) is 22.3 Å². The molecule has 4 aromatic rings. The van der Waals surface area contributed by atoms with Crippen LogP contribution in [0.2, 0.25) is 0 Å². The van der Waals surface area contributed by atoms with E-state index in [4.69, 9.17) is 14.5 Å². The predicted octanol–water partition coefficient (Wildman–Crippen LogP) is 4.10. The topological polar surface area (TPSA) is 69.5 Å². The van der Waals surface area contributed by atoms with Crippen molar-refractivity contribution in [3.63, 3.8) is 0 Å². The average Bonchev–Trinajstić information content (AvgIpc) is 3.12. The molecule has 0 unspecified atom stereocenters. The van der Waals surface area contributed by atoms with Gasteiger partial charge in [-0.15, -0.1) is 0 Å². The molecular formula is C25H26N4O3. The third kappa shape index (κ3) is 4.27. The number of hydrogen-bond acceptors (Lipinski definition) is 5. The van der Waals surface area contributed by atoms with Gasteiger partial charge in [0.25, 0.3) is 5.91 Å². The minimum Gasteiger partial charge on any atom is -0.497 e. The Morgan fingerprint density at radius 2 is 1.75 bits per heavy atom. The van der Waals surface area contributed by atoms with Crippen LogP contribution in [0.4, 0.5) is 0 Å². The summed E-state index contributed by atoms with van der Waals surface area (Å²) < 4.78 is 12.7. The first-order chi connectivity index (χ1) is 15.5. The maximum absolute atomic E-state index is 13.4. The summed E-state index contributed by atoms with van der Waals surface area (Å²) in [7, 11) is 5.25. The molecule has 0 saturated carbocycles. The zero-order chi connectivity index (χ0) is 22.7. The van der Waals surface area contributed by atoms with E-state index in [2.05, 4.69) is 5.10 Å². The SMILES string of the molecule is COc1ccc(OCCN(C)C(=O)c2cc(-c3ccccc3)nc3c2c(C)nn3C)cc1. The lowest BCUT2D eigenvalue weighted by Crippen LogP contribution is -2.31. The predicted molar refractivity (Wildman–Crippen MR) is 124 cm³/mol. The number of pyridine rings is 1. The molecule has 7 nitrogen and oxygen atoms in total. The fourth-order valence-corrected chi connectivity index (χ4v) is 3.65. The number of ether oxygens (including phenoxy) is 2. The maximum Gasteiger partial charge on any atom is 0.254 e. The van der Waals surface area contributed by atoms with Crippen LogP contribution in [-0.4, -0.2) is 52.9 Å². The second-order valence-electron chi connectivity index (χ2n) is 7.58. The monoisotopic (exact) mass is 430 g/mol. The molecule has 0 bridgehead atoms. The zero-order valence-electron chi connectivity index (χ0n) is 18.7. The number of nitrogens with zero attached hydrogens (tertiary/aromatic N) is 4. The van der Waals surface area contributed by atoms with E-state index < -0.39 is 0 Å². The van der Waals surface area contributed by atoms with Gasteiger partial charge in [-0.05, 0) is 37.3 Å².